The van der Waals surface area contributed by atoms with E-state index in [2.05, 4.69) is 33.5 Å². The number of hydrogen-bond donors (Lipinski definition) is 2. The SMILES string of the molecule is CCNCc1ccc(N2CCCC2C(=O)NC)nc1. The Labute approximate surface area is 114 Å². The van der Waals surface area contributed by atoms with Gasteiger partial charge in [0.15, 0.2) is 0 Å². The molecule has 1 aliphatic rings. The van der Waals surface area contributed by atoms with E-state index in [4.69, 9.17) is 0 Å². The second-order valence-corrected chi connectivity index (χ2v) is 4.77. The number of pyridine rings is 1. The monoisotopic (exact) mass is 262 g/mol. The average molecular weight is 262 g/mol. The third-order valence-corrected chi connectivity index (χ3v) is 3.48. The Morgan fingerprint density at radius 2 is 2.37 bits per heavy atom. The first-order valence-electron chi connectivity index (χ1n) is 6.90. The average Bonchev–Trinajstić information content (AvgIpc) is 2.94. The molecule has 1 atom stereocenters. The van der Waals surface area contributed by atoms with Crippen LogP contribution in [0.25, 0.3) is 0 Å². The molecular formula is C14H22N4O. The standard InChI is InChI=1S/C14H22N4O/c1-3-16-9-11-6-7-13(17-10-11)18-8-4-5-12(18)14(19)15-2/h6-7,10,12,16H,3-5,8-9H2,1-2H3,(H,15,19). The Balaban J connectivity index is 2.06. The molecule has 1 aromatic rings. The number of amides is 1. The van der Waals surface area contributed by atoms with Gasteiger partial charge < -0.3 is 15.5 Å². The van der Waals surface area contributed by atoms with E-state index in [1.165, 1.54) is 5.56 Å². The van der Waals surface area contributed by atoms with Crippen molar-refractivity contribution in [3.8, 4) is 0 Å². The molecule has 2 rings (SSSR count). The molecule has 0 aromatic carbocycles. The number of rotatable bonds is 5. The fourth-order valence-corrected chi connectivity index (χ4v) is 2.44. The van der Waals surface area contributed by atoms with Crippen LogP contribution in [0.2, 0.25) is 0 Å². The summed E-state index contributed by atoms with van der Waals surface area (Å²) in [6.07, 6.45) is 3.83. The van der Waals surface area contributed by atoms with Crippen molar-refractivity contribution in [2.24, 2.45) is 0 Å². The molecule has 5 nitrogen and oxygen atoms in total. The van der Waals surface area contributed by atoms with Crippen molar-refractivity contribution in [1.29, 1.82) is 0 Å². The van der Waals surface area contributed by atoms with E-state index in [1.807, 2.05) is 12.3 Å². The lowest BCUT2D eigenvalue weighted by Crippen LogP contribution is -2.42. The molecule has 0 saturated carbocycles. The van der Waals surface area contributed by atoms with Gasteiger partial charge in [0.05, 0.1) is 0 Å². The molecule has 2 heterocycles. The van der Waals surface area contributed by atoms with Gasteiger partial charge in [0, 0.05) is 26.3 Å². The second-order valence-electron chi connectivity index (χ2n) is 4.77. The van der Waals surface area contributed by atoms with Gasteiger partial charge in [-0.1, -0.05) is 13.0 Å². The Kier molecular flexibility index (Phi) is 4.74. The van der Waals surface area contributed by atoms with Gasteiger partial charge in [-0.05, 0) is 31.0 Å². The van der Waals surface area contributed by atoms with Gasteiger partial charge in [-0.3, -0.25) is 4.79 Å². The summed E-state index contributed by atoms with van der Waals surface area (Å²) in [6.45, 7) is 4.77. The lowest BCUT2D eigenvalue weighted by molar-refractivity contribution is -0.121. The van der Waals surface area contributed by atoms with Crippen LogP contribution < -0.4 is 15.5 Å². The Hall–Kier alpha value is -1.62. The van der Waals surface area contributed by atoms with Gasteiger partial charge in [0.25, 0.3) is 0 Å². The third-order valence-electron chi connectivity index (χ3n) is 3.48. The number of anilines is 1. The van der Waals surface area contributed by atoms with Crippen LogP contribution in [0.15, 0.2) is 18.3 Å². The number of carbonyl (C=O) groups excluding carboxylic acids is 1. The molecule has 1 amide bonds. The molecule has 0 spiro atoms. The van der Waals surface area contributed by atoms with Crippen molar-refractivity contribution in [1.82, 2.24) is 15.6 Å². The van der Waals surface area contributed by atoms with Crippen LogP contribution in [-0.4, -0.2) is 37.1 Å². The van der Waals surface area contributed by atoms with Gasteiger partial charge >= 0.3 is 0 Å². The molecule has 19 heavy (non-hydrogen) atoms. The summed E-state index contributed by atoms with van der Waals surface area (Å²) in [6, 6.07) is 4.01. The third kappa shape index (κ3) is 3.23. The number of hydrogen-bond acceptors (Lipinski definition) is 4. The van der Waals surface area contributed by atoms with Crippen LogP contribution in [0.1, 0.15) is 25.3 Å². The number of nitrogens with one attached hydrogen (secondary N) is 2. The minimum absolute atomic E-state index is 0.0721. The lowest BCUT2D eigenvalue weighted by Gasteiger charge is -2.24. The molecule has 1 unspecified atom stereocenters. The highest BCUT2D eigenvalue weighted by Crippen LogP contribution is 2.23. The summed E-state index contributed by atoms with van der Waals surface area (Å²) < 4.78 is 0. The van der Waals surface area contributed by atoms with Crippen molar-refractivity contribution in [3.63, 3.8) is 0 Å². The Morgan fingerprint density at radius 1 is 1.53 bits per heavy atom. The summed E-state index contributed by atoms with van der Waals surface area (Å²) in [4.78, 5) is 18.4. The smallest absolute Gasteiger partial charge is 0.242 e. The van der Waals surface area contributed by atoms with Crippen LogP contribution in [0.3, 0.4) is 0 Å². The quantitative estimate of drug-likeness (QED) is 0.828. The fraction of sp³-hybridized carbons (Fsp3) is 0.571. The van der Waals surface area contributed by atoms with Gasteiger partial charge in [-0.25, -0.2) is 4.98 Å². The highest BCUT2D eigenvalue weighted by Gasteiger charge is 2.30. The lowest BCUT2D eigenvalue weighted by atomic mass is 10.2. The summed E-state index contributed by atoms with van der Waals surface area (Å²) in [7, 11) is 1.69. The molecule has 1 aliphatic heterocycles. The highest BCUT2D eigenvalue weighted by atomic mass is 16.2. The maximum absolute atomic E-state index is 11.8. The van der Waals surface area contributed by atoms with E-state index in [1.54, 1.807) is 7.05 Å². The molecule has 1 saturated heterocycles. The fourth-order valence-electron chi connectivity index (χ4n) is 2.44. The van der Waals surface area contributed by atoms with E-state index >= 15 is 0 Å². The normalized spacial score (nSPS) is 18.6. The first kappa shape index (κ1) is 13.8. The molecule has 1 aromatic heterocycles. The molecule has 0 bridgehead atoms. The number of likely N-dealkylation sites (N-methyl/N-ethyl adjacent to an activating group) is 1. The number of aromatic nitrogens is 1. The van der Waals surface area contributed by atoms with Crippen LogP contribution in [0, 0.1) is 0 Å². The Morgan fingerprint density at radius 3 is 3.00 bits per heavy atom. The Bertz CT molecular complexity index is 418. The minimum Gasteiger partial charge on any atom is -0.357 e. The number of carbonyl (C=O) groups is 1. The molecule has 2 N–H and O–H groups in total. The van der Waals surface area contributed by atoms with Gasteiger partial charge in [0.2, 0.25) is 5.91 Å². The van der Waals surface area contributed by atoms with Crippen LogP contribution in [0.4, 0.5) is 5.82 Å². The first-order valence-corrected chi connectivity index (χ1v) is 6.90. The van der Waals surface area contributed by atoms with Crippen molar-refractivity contribution in [2.45, 2.75) is 32.4 Å². The van der Waals surface area contributed by atoms with E-state index in [-0.39, 0.29) is 11.9 Å². The van der Waals surface area contributed by atoms with Gasteiger partial charge in [-0.2, -0.15) is 0 Å². The zero-order chi connectivity index (χ0) is 13.7. The van der Waals surface area contributed by atoms with Crippen LogP contribution >= 0.6 is 0 Å². The summed E-state index contributed by atoms with van der Waals surface area (Å²) in [5.74, 6) is 0.974. The molecular weight excluding hydrogens is 240 g/mol. The van der Waals surface area contributed by atoms with E-state index < -0.39 is 0 Å². The topological polar surface area (TPSA) is 57.3 Å². The highest BCUT2D eigenvalue weighted by molar-refractivity contribution is 5.85. The molecule has 104 valence electrons. The van der Waals surface area contributed by atoms with E-state index in [0.29, 0.717) is 0 Å². The second kappa shape index (κ2) is 6.52. The zero-order valence-corrected chi connectivity index (χ0v) is 11.6. The van der Waals surface area contributed by atoms with E-state index in [9.17, 15) is 4.79 Å². The van der Waals surface area contributed by atoms with Gasteiger partial charge in [0.1, 0.15) is 11.9 Å². The van der Waals surface area contributed by atoms with Crippen LogP contribution in [-0.2, 0) is 11.3 Å². The van der Waals surface area contributed by atoms with Crippen molar-refractivity contribution in [2.75, 3.05) is 25.0 Å². The van der Waals surface area contributed by atoms with E-state index in [0.717, 1.165) is 38.3 Å². The largest absolute Gasteiger partial charge is 0.357 e. The maximum Gasteiger partial charge on any atom is 0.242 e. The molecule has 0 radical (unpaired) electrons. The van der Waals surface area contributed by atoms with Crippen LogP contribution in [0.5, 0.6) is 0 Å². The summed E-state index contributed by atoms with van der Waals surface area (Å²) in [5, 5.41) is 6.00. The number of nitrogens with zero attached hydrogens (tertiary/aromatic N) is 2. The molecule has 0 aliphatic carbocycles. The maximum atomic E-state index is 11.8. The van der Waals surface area contributed by atoms with Crippen molar-refractivity contribution >= 4 is 11.7 Å². The van der Waals surface area contributed by atoms with Crippen molar-refractivity contribution < 1.29 is 4.79 Å². The summed E-state index contributed by atoms with van der Waals surface area (Å²) >= 11 is 0. The molecule has 1 fully saturated rings. The first-order chi connectivity index (χ1) is 9.26. The molecule has 5 heteroatoms. The van der Waals surface area contributed by atoms with Gasteiger partial charge in [-0.15, -0.1) is 0 Å². The minimum atomic E-state index is -0.0721. The predicted octanol–water partition coefficient (Wildman–Crippen LogP) is 0.906. The zero-order valence-electron chi connectivity index (χ0n) is 11.6. The predicted molar refractivity (Wildman–Crippen MR) is 76.1 cm³/mol. The summed E-state index contributed by atoms with van der Waals surface area (Å²) in [5.41, 5.74) is 1.17. The van der Waals surface area contributed by atoms with Crippen molar-refractivity contribution in [3.05, 3.63) is 23.9 Å².